The van der Waals surface area contributed by atoms with Crippen molar-refractivity contribution in [2.45, 2.75) is 38.5 Å². The van der Waals surface area contributed by atoms with E-state index in [1.165, 1.54) is 38.8 Å². The summed E-state index contributed by atoms with van der Waals surface area (Å²) < 4.78 is 0. The van der Waals surface area contributed by atoms with E-state index in [-0.39, 0.29) is 0 Å². The van der Waals surface area contributed by atoms with E-state index in [1.807, 2.05) is 0 Å². The van der Waals surface area contributed by atoms with E-state index < -0.39 is 0 Å². The van der Waals surface area contributed by atoms with E-state index in [4.69, 9.17) is 5.26 Å². The third kappa shape index (κ3) is 3.67. The van der Waals surface area contributed by atoms with Gasteiger partial charge in [-0.25, -0.2) is 0 Å². The van der Waals surface area contributed by atoms with Gasteiger partial charge < -0.3 is 4.90 Å². The molecule has 0 heterocycles. The molecular formula is C12H20N2. The van der Waals surface area contributed by atoms with E-state index in [0.717, 1.165) is 31.2 Å². The van der Waals surface area contributed by atoms with Crippen LogP contribution in [0.15, 0.2) is 0 Å². The molecule has 0 aromatic rings. The summed E-state index contributed by atoms with van der Waals surface area (Å²) in [6.45, 7) is 3.77. The first kappa shape index (κ1) is 9.98. The maximum Gasteiger partial charge on any atom is 0.0622 e. The van der Waals surface area contributed by atoms with Crippen molar-refractivity contribution in [1.82, 2.24) is 4.90 Å². The Labute approximate surface area is 86.9 Å². The fourth-order valence-corrected chi connectivity index (χ4v) is 1.97. The van der Waals surface area contributed by atoms with Crippen LogP contribution in [0, 0.1) is 23.2 Å². The molecule has 14 heavy (non-hydrogen) atoms. The smallest absolute Gasteiger partial charge is 0.0622 e. The van der Waals surface area contributed by atoms with Gasteiger partial charge >= 0.3 is 0 Å². The van der Waals surface area contributed by atoms with Crippen molar-refractivity contribution < 1.29 is 0 Å². The fraction of sp³-hybridized carbons (Fsp3) is 0.917. The number of nitriles is 1. The first-order valence-corrected chi connectivity index (χ1v) is 5.98. The van der Waals surface area contributed by atoms with Crippen LogP contribution in [-0.2, 0) is 0 Å². The molecular weight excluding hydrogens is 172 g/mol. The van der Waals surface area contributed by atoms with Gasteiger partial charge in [-0.1, -0.05) is 0 Å². The monoisotopic (exact) mass is 192 g/mol. The number of hydrogen-bond donors (Lipinski definition) is 0. The van der Waals surface area contributed by atoms with Crippen molar-refractivity contribution in [3.05, 3.63) is 0 Å². The van der Waals surface area contributed by atoms with E-state index in [9.17, 15) is 0 Å². The summed E-state index contributed by atoms with van der Waals surface area (Å²) in [7, 11) is 0. The Bertz CT molecular complexity index is 197. The first-order chi connectivity index (χ1) is 6.88. The van der Waals surface area contributed by atoms with Crippen LogP contribution in [0.5, 0.6) is 0 Å². The number of unbranched alkanes of at least 4 members (excludes halogenated alkanes) is 1. The molecule has 0 bridgehead atoms. The molecule has 78 valence electrons. The average molecular weight is 192 g/mol. The summed E-state index contributed by atoms with van der Waals surface area (Å²) in [5.41, 5.74) is 0. The Kier molecular flexibility index (Phi) is 3.42. The first-order valence-electron chi connectivity index (χ1n) is 5.98. The fourth-order valence-electron chi connectivity index (χ4n) is 1.97. The summed E-state index contributed by atoms with van der Waals surface area (Å²) in [5.74, 6) is 1.99. The van der Waals surface area contributed by atoms with Gasteiger partial charge in [0.2, 0.25) is 0 Å². The zero-order valence-electron chi connectivity index (χ0n) is 8.91. The molecule has 0 atom stereocenters. The van der Waals surface area contributed by atoms with Crippen LogP contribution < -0.4 is 0 Å². The highest BCUT2D eigenvalue weighted by Gasteiger charge is 2.28. The number of nitrogens with zero attached hydrogens (tertiary/aromatic N) is 2. The van der Waals surface area contributed by atoms with Crippen LogP contribution in [0.4, 0.5) is 0 Å². The minimum Gasteiger partial charge on any atom is -0.303 e. The molecule has 0 N–H and O–H groups in total. The Balaban J connectivity index is 1.64. The van der Waals surface area contributed by atoms with Gasteiger partial charge in [-0.3, -0.25) is 0 Å². The second kappa shape index (κ2) is 4.79. The normalized spacial score (nSPS) is 21.1. The van der Waals surface area contributed by atoms with E-state index in [1.54, 1.807) is 0 Å². The van der Waals surface area contributed by atoms with Crippen molar-refractivity contribution in [1.29, 1.82) is 5.26 Å². The number of rotatable bonds is 7. The third-order valence-electron chi connectivity index (χ3n) is 3.19. The zero-order valence-corrected chi connectivity index (χ0v) is 8.91. The highest BCUT2D eigenvalue weighted by Crippen LogP contribution is 2.33. The predicted molar refractivity (Wildman–Crippen MR) is 56.7 cm³/mol. The molecule has 0 saturated heterocycles. The molecule has 0 radical (unpaired) electrons. The standard InChI is InChI=1S/C12H20N2/c13-7-1-2-8-14(9-11-3-4-11)10-12-5-6-12/h11-12H,1-6,8-10H2. The van der Waals surface area contributed by atoms with E-state index in [0.29, 0.717) is 0 Å². The van der Waals surface area contributed by atoms with Gasteiger partial charge in [0.25, 0.3) is 0 Å². The predicted octanol–water partition coefficient (Wildman–Crippen LogP) is 2.41. The highest BCUT2D eigenvalue weighted by atomic mass is 15.1. The van der Waals surface area contributed by atoms with Crippen LogP contribution in [0.25, 0.3) is 0 Å². The van der Waals surface area contributed by atoms with Crippen LogP contribution >= 0.6 is 0 Å². The van der Waals surface area contributed by atoms with Crippen LogP contribution in [0.2, 0.25) is 0 Å². The SMILES string of the molecule is N#CCCCN(CC1CC1)CC1CC1. The van der Waals surface area contributed by atoms with Crippen molar-refractivity contribution in [2.75, 3.05) is 19.6 Å². The van der Waals surface area contributed by atoms with Gasteiger partial charge in [0, 0.05) is 19.5 Å². The Morgan fingerprint density at radius 1 is 1.07 bits per heavy atom. The summed E-state index contributed by atoms with van der Waals surface area (Å²) in [6, 6.07) is 2.23. The van der Waals surface area contributed by atoms with Crippen LogP contribution in [-0.4, -0.2) is 24.5 Å². The quantitative estimate of drug-likeness (QED) is 0.579. The Morgan fingerprint density at radius 2 is 1.64 bits per heavy atom. The lowest BCUT2D eigenvalue weighted by molar-refractivity contribution is 0.250. The minimum absolute atomic E-state index is 0.728. The van der Waals surface area contributed by atoms with Gasteiger partial charge in [0.05, 0.1) is 6.07 Å². The van der Waals surface area contributed by atoms with Gasteiger partial charge in [-0.15, -0.1) is 0 Å². The van der Waals surface area contributed by atoms with Crippen molar-refractivity contribution in [3.63, 3.8) is 0 Å². The third-order valence-corrected chi connectivity index (χ3v) is 3.19. The molecule has 2 fully saturated rings. The molecule has 0 spiro atoms. The van der Waals surface area contributed by atoms with E-state index >= 15 is 0 Å². The van der Waals surface area contributed by atoms with Gasteiger partial charge in [-0.05, 0) is 50.5 Å². The largest absolute Gasteiger partial charge is 0.303 e. The highest BCUT2D eigenvalue weighted by molar-refractivity contribution is 4.82. The maximum absolute atomic E-state index is 8.50. The van der Waals surface area contributed by atoms with Gasteiger partial charge in [0.1, 0.15) is 0 Å². The second-order valence-electron chi connectivity index (χ2n) is 4.91. The molecule has 0 amide bonds. The lowest BCUT2D eigenvalue weighted by Gasteiger charge is -2.21. The molecule has 0 aromatic heterocycles. The molecule has 2 nitrogen and oxygen atoms in total. The summed E-state index contributed by atoms with van der Waals surface area (Å²) >= 11 is 0. The summed E-state index contributed by atoms with van der Waals surface area (Å²) in [6.07, 6.45) is 7.57. The Morgan fingerprint density at radius 3 is 2.07 bits per heavy atom. The summed E-state index contributed by atoms with van der Waals surface area (Å²) in [4.78, 5) is 2.60. The topological polar surface area (TPSA) is 27.0 Å². The minimum atomic E-state index is 0.728. The molecule has 0 aromatic carbocycles. The number of hydrogen-bond acceptors (Lipinski definition) is 2. The lowest BCUT2D eigenvalue weighted by Crippen LogP contribution is -2.29. The molecule has 0 unspecified atom stereocenters. The lowest BCUT2D eigenvalue weighted by atomic mass is 10.2. The maximum atomic E-state index is 8.50. The molecule has 2 heteroatoms. The zero-order chi connectivity index (χ0) is 9.80. The molecule has 2 aliphatic carbocycles. The van der Waals surface area contributed by atoms with Crippen molar-refractivity contribution in [3.8, 4) is 6.07 Å². The average Bonchev–Trinajstić information content (AvgIpc) is 2.99. The van der Waals surface area contributed by atoms with E-state index in [2.05, 4.69) is 11.0 Å². The second-order valence-corrected chi connectivity index (χ2v) is 4.91. The van der Waals surface area contributed by atoms with Gasteiger partial charge in [0.15, 0.2) is 0 Å². The molecule has 2 saturated carbocycles. The Hall–Kier alpha value is -0.550. The summed E-state index contributed by atoms with van der Waals surface area (Å²) in [5, 5.41) is 8.50. The van der Waals surface area contributed by atoms with Crippen LogP contribution in [0.3, 0.4) is 0 Å². The van der Waals surface area contributed by atoms with Gasteiger partial charge in [-0.2, -0.15) is 5.26 Å². The molecule has 0 aliphatic heterocycles. The van der Waals surface area contributed by atoms with Crippen LogP contribution in [0.1, 0.15) is 38.5 Å². The van der Waals surface area contributed by atoms with Crippen molar-refractivity contribution in [2.24, 2.45) is 11.8 Å². The molecule has 2 rings (SSSR count). The molecule has 2 aliphatic rings. The van der Waals surface area contributed by atoms with Crippen molar-refractivity contribution >= 4 is 0 Å².